The fraction of sp³-hybridized carbons (Fsp3) is 0.600. The zero-order valence-electron chi connectivity index (χ0n) is 12.3. The minimum atomic E-state index is -0.447. The van der Waals surface area contributed by atoms with Crippen LogP contribution in [0.3, 0.4) is 0 Å². The first-order chi connectivity index (χ1) is 10.6. The normalized spacial score (nSPS) is 24.1. The Kier molecular flexibility index (Phi) is 4.63. The first kappa shape index (κ1) is 15.3. The molecule has 0 radical (unpaired) electrons. The summed E-state index contributed by atoms with van der Waals surface area (Å²) in [5.74, 6) is -0.291. The number of fused-ring (bicyclic) bond motifs is 1. The third-order valence-corrected chi connectivity index (χ3v) is 5.22. The molecule has 22 heavy (non-hydrogen) atoms. The smallest absolute Gasteiger partial charge is 0.315 e. The van der Waals surface area contributed by atoms with Crippen LogP contribution in [-0.2, 0) is 20.7 Å². The SMILES string of the molecule is NC(=O)N1CCC[C@H]1COC(=O)C[C@H]1OCCc2sccc21. The number of amides is 2. The maximum atomic E-state index is 12.0. The fourth-order valence-electron chi connectivity index (χ4n) is 3.09. The van der Waals surface area contributed by atoms with Gasteiger partial charge in [-0.3, -0.25) is 4.79 Å². The average molecular weight is 324 g/mol. The molecule has 1 saturated heterocycles. The maximum absolute atomic E-state index is 12.0. The van der Waals surface area contributed by atoms with Gasteiger partial charge in [0.05, 0.1) is 25.2 Å². The first-order valence-electron chi connectivity index (χ1n) is 7.54. The van der Waals surface area contributed by atoms with Crippen molar-refractivity contribution in [1.82, 2.24) is 4.90 Å². The van der Waals surface area contributed by atoms with E-state index < -0.39 is 6.03 Å². The van der Waals surface area contributed by atoms with Crippen LogP contribution in [0.5, 0.6) is 0 Å². The Morgan fingerprint density at radius 3 is 3.18 bits per heavy atom. The van der Waals surface area contributed by atoms with Crippen LogP contribution >= 0.6 is 11.3 Å². The molecule has 3 rings (SSSR count). The molecule has 2 atom stereocenters. The topological polar surface area (TPSA) is 81.9 Å². The second kappa shape index (κ2) is 6.66. The number of nitrogens with zero attached hydrogens (tertiary/aromatic N) is 1. The van der Waals surface area contributed by atoms with Crippen LogP contribution in [0, 0.1) is 0 Å². The van der Waals surface area contributed by atoms with Crippen LogP contribution in [0.15, 0.2) is 11.4 Å². The fourth-order valence-corrected chi connectivity index (χ4v) is 4.01. The summed E-state index contributed by atoms with van der Waals surface area (Å²) in [6.07, 6.45) is 2.64. The lowest BCUT2D eigenvalue weighted by Gasteiger charge is -2.24. The van der Waals surface area contributed by atoms with Gasteiger partial charge in [-0.05, 0) is 29.9 Å². The monoisotopic (exact) mass is 324 g/mol. The molecule has 7 heteroatoms. The van der Waals surface area contributed by atoms with Crippen molar-refractivity contribution in [2.45, 2.75) is 37.8 Å². The van der Waals surface area contributed by atoms with E-state index in [1.807, 2.05) is 11.4 Å². The molecule has 0 saturated carbocycles. The number of hydrogen-bond acceptors (Lipinski definition) is 5. The number of esters is 1. The number of primary amides is 1. The van der Waals surface area contributed by atoms with E-state index in [1.165, 1.54) is 4.88 Å². The van der Waals surface area contributed by atoms with Gasteiger partial charge in [-0.2, -0.15) is 0 Å². The molecule has 0 bridgehead atoms. The number of thiophene rings is 1. The molecule has 3 heterocycles. The average Bonchev–Trinajstić information content (AvgIpc) is 3.14. The second-order valence-corrected chi connectivity index (χ2v) is 6.62. The molecular weight excluding hydrogens is 304 g/mol. The zero-order chi connectivity index (χ0) is 15.5. The van der Waals surface area contributed by atoms with E-state index in [-0.39, 0.29) is 31.1 Å². The molecule has 1 aromatic heterocycles. The Morgan fingerprint density at radius 2 is 2.36 bits per heavy atom. The van der Waals surface area contributed by atoms with Crippen molar-refractivity contribution in [2.24, 2.45) is 5.73 Å². The molecule has 120 valence electrons. The van der Waals surface area contributed by atoms with E-state index in [0.717, 1.165) is 24.8 Å². The number of carbonyl (C=O) groups excluding carboxylic acids is 2. The third-order valence-electron chi connectivity index (χ3n) is 4.22. The van der Waals surface area contributed by atoms with Crippen LogP contribution in [-0.4, -0.2) is 42.7 Å². The highest BCUT2D eigenvalue weighted by Gasteiger charge is 2.29. The number of hydrogen-bond donors (Lipinski definition) is 1. The van der Waals surface area contributed by atoms with Crippen molar-refractivity contribution in [3.63, 3.8) is 0 Å². The molecule has 0 aliphatic carbocycles. The number of urea groups is 1. The van der Waals surface area contributed by atoms with Crippen molar-refractivity contribution in [3.05, 3.63) is 21.9 Å². The van der Waals surface area contributed by atoms with Crippen molar-refractivity contribution in [3.8, 4) is 0 Å². The molecule has 2 aliphatic heterocycles. The predicted molar refractivity (Wildman–Crippen MR) is 81.6 cm³/mol. The van der Waals surface area contributed by atoms with E-state index in [1.54, 1.807) is 16.2 Å². The Labute approximate surface area is 133 Å². The Morgan fingerprint density at radius 1 is 1.50 bits per heavy atom. The van der Waals surface area contributed by atoms with E-state index in [2.05, 4.69) is 0 Å². The molecular formula is C15H20N2O4S. The van der Waals surface area contributed by atoms with Crippen molar-refractivity contribution in [1.29, 1.82) is 0 Å². The molecule has 0 unspecified atom stereocenters. The van der Waals surface area contributed by atoms with Crippen LogP contribution in [0.1, 0.15) is 35.8 Å². The van der Waals surface area contributed by atoms with Crippen molar-refractivity contribution < 1.29 is 19.1 Å². The van der Waals surface area contributed by atoms with Crippen LogP contribution in [0.4, 0.5) is 4.79 Å². The summed E-state index contributed by atoms with van der Waals surface area (Å²) in [4.78, 5) is 26.2. The molecule has 6 nitrogen and oxygen atoms in total. The first-order valence-corrected chi connectivity index (χ1v) is 8.42. The summed E-state index contributed by atoms with van der Waals surface area (Å²) in [6, 6.07) is 1.48. The van der Waals surface area contributed by atoms with E-state index in [4.69, 9.17) is 15.2 Å². The standard InChI is InChI=1S/C15H20N2O4S/c16-15(19)17-5-1-2-10(17)9-21-14(18)8-12-11-4-7-22-13(11)3-6-20-12/h4,7,10,12H,1-3,5-6,8-9H2,(H2,16,19)/t10-,12+/m0/s1. The van der Waals surface area contributed by atoms with Gasteiger partial charge in [-0.25, -0.2) is 4.79 Å². The van der Waals surface area contributed by atoms with Crippen molar-refractivity contribution in [2.75, 3.05) is 19.8 Å². The lowest BCUT2D eigenvalue weighted by Crippen LogP contribution is -2.42. The summed E-state index contributed by atoms with van der Waals surface area (Å²) >= 11 is 1.70. The number of likely N-dealkylation sites (tertiary alicyclic amines) is 1. The summed E-state index contributed by atoms with van der Waals surface area (Å²) in [5.41, 5.74) is 6.42. The minimum absolute atomic E-state index is 0.0922. The quantitative estimate of drug-likeness (QED) is 0.857. The highest BCUT2D eigenvalue weighted by molar-refractivity contribution is 7.10. The van der Waals surface area contributed by atoms with Gasteiger partial charge in [0.25, 0.3) is 0 Å². The number of nitrogens with two attached hydrogens (primary N) is 1. The van der Waals surface area contributed by atoms with Gasteiger partial charge in [-0.1, -0.05) is 0 Å². The maximum Gasteiger partial charge on any atom is 0.315 e. The molecule has 0 aromatic carbocycles. The second-order valence-electron chi connectivity index (χ2n) is 5.62. The van der Waals surface area contributed by atoms with E-state index in [0.29, 0.717) is 13.2 Å². The van der Waals surface area contributed by atoms with Gasteiger partial charge in [0, 0.05) is 17.8 Å². The van der Waals surface area contributed by atoms with E-state index in [9.17, 15) is 9.59 Å². The van der Waals surface area contributed by atoms with Crippen molar-refractivity contribution >= 4 is 23.3 Å². The highest BCUT2D eigenvalue weighted by Crippen LogP contribution is 2.33. The molecule has 1 fully saturated rings. The Balaban J connectivity index is 1.51. The third kappa shape index (κ3) is 3.25. The molecule has 2 aliphatic rings. The van der Waals surface area contributed by atoms with Crippen LogP contribution in [0.2, 0.25) is 0 Å². The van der Waals surface area contributed by atoms with Gasteiger partial charge in [0.1, 0.15) is 6.61 Å². The minimum Gasteiger partial charge on any atom is -0.463 e. The lowest BCUT2D eigenvalue weighted by atomic mass is 10.0. The molecule has 1 aromatic rings. The summed E-state index contributed by atoms with van der Waals surface area (Å²) < 4.78 is 11.0. The van der Waals surface area contributed by atoms with Gasteiger partial charge < -0.3 is 20.1 Å². The van der Waals surface area contributed by atoms with Gasteiger partial charge in [0.15, 0.2) is 0 Å². The predicted octanol–water partition coefficient (Wildman–Crippen LogP) is 1.84. The van der Waals surface area contributed by atoms with Crippen LogP contribution in [0.25, 0.3) is 0 Å². The Hall–Kier alpha value is -1.60. The summed E-state index contributed by atoms with van der Waals surface area (Å²) in [6.45, 7) is 1.50. The van der Waals surface area contributed by atoms with E-state index >= 15 is 0 Å². The highest BCUT2D eigenvalue weighted by atomic mass is 32.1. The van der Waals surface area contributed by atoms with Gasteiger partial charge >= 0.3 is 12.0 Å². The molecule has 0 spiro atoms. The summed E-state index contributed by atoms with van der Waals surface area (Å²) in [5, 5.41) is 2.03. The molecule has 2 amide bonds. The van der Waals surface area contributed by atoms with Crippen LogP contribution < -0.4 is 5.73 Å². The molecule has 2 N–H and O–H groups in total. The Bertz CT molecular complexity index is 559. The zero-order valence-corrected chi connectivity index (χ0v) is 13.1. The number of rotatable bonds is 4. The summed E-state index contributed by atoms with van der Waals surface area (Å²) in [7, 11) is 0. The van der Waals surface area contributed by atoms with Gasteiger partial charge in [0.2, 0.25) is 0 Å². The van der Waals surface area contributed by atoms with Gasteiger partial charge in [-0.15, -0.1) is 11.3 Å². The largest absolute Gasteiger partial charge is 0.463 e. The number of ether oxygens (including phenoxy) is 2. The number of carbonyl (C=O) groups is 2. The lowest BCUT2D eigenvalue weighted by molar-refractivity contribution is -0.148.